The van der Waals surface area contributed by atoms with Gasteiger partial charge in [0.25, 0.3) is 0 Å². The van der Waals surface area contributed by atoms with Gasteiger partial charge in [0.1, 0.15) is 0 Å². The molecule has 0 aromatic carbocycles. The van der Waals surface area contributed by atoms with Gasteiger partial charge in [0, 0.05) is 27.4 Å². The largest absolute Gasteiger partial charge is 0.500 e. The summed E-state index contributed by atoms with van der Waals surface area (Å²) in [5, 5.41) is 0. The predicted octanol–water partition coefficient (Wildman–Crippen LogP) is 7.69. The van der Waals surface area contributed by atoms with Crippen LogP contribution in [0.2, 0.25) is 6.04 Å². The number of rotatable bonds is 24. The molecule has 0 aromatic heterocycles. The highest BCUT2D eigenvalue weighted by Gasteiger charge is 2.37. The molecule has 0 amide bonds. The Morgan fingerprint density at radius 3 is 1.45 bits per heavy atom. The molecule has 0 fully saturated rings. The minimum Gasteiger partial charge on any atom is -0.377 e. The molecule has 0 spiro atoms. The lowest BCUT2D eigenvalue weighted by atomic mass is 9.91. The summed E-state index contributed by atoms with van der Waals surface area (Å²) in [6.45, 7) is 3.50. The minimum absolute atomic E-state index is 0.845. The van der Waals surface area contributed by atoms with Gasteiger partial charge < -0.3 is 18.2 Å². The van der Waals surface area contributed by atoms with Crippen LogP contribution >= 0.6 is 0 Å². The Balaban J connectivity index is 4.05. The van der Waals surface area contributed by atoms with E-state index < -0.39 is 8.80 Å². The Kier molecular flexibility index (Phi) is 21.9. The first-order chi connectivity index (χ1) is 15.0. The molecule has 0 aliphatic carbocycles. The predicted molar refractivity (Wildman–Crippen MR) is 138 cm³/mol. The van der Waals surface area contributed by atoms with E-state index in [1.165, 1.54) is 109 Å². The van der Waals surface area contributed by atoms with Gasteiger partial charge in [-0.1, -0.05) is 103 Å². The fraction of sp³-hybridized carbons (Fsp3) is 1.00. The highest BCUT2D eigenvalue weighted by atomic mass is 28.4. The monoisotopic (exact) mass is 459 g/mol. The zero-order valence-electron chi connectivity index (χ0n) is 22.2. The molecule has 0 aliphatic heterocycles. The van der Waals surface area contributed by atoms with Gasteiger partial charge in [-0.25, -0.2) is 0 Å². The third-order valence-electron chi connectivity index (χ3n) is 6.71. The second-order valence-electron chi connectivity index (χ2n) is 9.68. The van der Waals surface area contributed by atoms with Crippen molar-refractivity contribution in [1.29, 1.82) is 0 Å². The molecule has 0 rings (SSSR count). The third-order valence-corrected chi connectivity index (χ3v) is 9.54. The summed E-state index contributed by atoms with van der Waals surface area (Å²) < 4.78 is 16.8. The maximum absolute atomic E-state index is 5.60. The Hall–Kier alpha value is 0.0569. The number of hydrogen-bond donors (Lipinski definition) is 0. The Morgan fingerprint density at radius 1 is 0.581 bits per heavy atom. The summed E-state index contributed by atoms with van der Waals surface area (Å²) in [5.74, 6) is 0.845. The third kappa shape index (κ3) is 18.2. The molecule has 0 N–H and O–H groups in total. The second kappa shape index (κ2) is 21.9. The van der Waals surface area contributed by atoms with E-state index in [2.05, 4.69) is 25.9 Å². The van der Waals surface area contributed by atoms with Crippen LogP contribution in [0.15, 0.2) is 0 Å². The zero-order valence-corrected chi connectivity index (χ0v) is 23.2. The summed E-state index contributed by atoms with van der Waals surface area (Å²) in [4.78, 5) is 2.30. The van der Waals surface area contributed by atoms with Gasteiger partial charge in [0.2, 0.25) is 0 Å². The first kappa shape index (κ1) is 31.1. The number of unbranched alkanes of at least 4 members (excludes halogenated alkanes) is 11. The van der Waals surface area contributed by atoms with E-state index in [9.17, 15) is 0 Å². The van der Waals surface area contributed by atoms with E-state index in [4.69, 9.17) is 13.3 Å². The molecule has 0 radical (unpaired) electrons. The number of nitrogens with zero attached hydrogens (tertiary/aromatic N) is 1. The van der Waals surface area contributed by atoms with E-state index in [0.29, 0.717) is 0 Å². The minimum atomic E-state index is -2.41. The van der Waals surface area contributed by atoms with Crippen molar-refractivity contribution < 1.29 is 13.3 Å². The lowest BCUT2D eigenvalue weighted by Gasteiger charge is -2.25. The molecular weight excluding hydrogens is 402 g/mol. The smallest absolute Gasteiger partial charge is 0.377 e. The first-order valence-corrected chi connectivity index (χ1v) is 15.3. The van der Waals surface area contributed by atoms with Crippen LogP contribution in [-0.4, -0.2) is 55.7 Å². The Bertz CT molecular complexity index is 356. The van der Waals surface area contributed by atoms with E-state index in [1.54, 1.807) is 21.3 Å². The topological polar surface area (TPSA) is 30.9 Å². The first-order valence-electron chi connectivity index (χ1n) is 13.3. The quantitative estimate of drug-likeness (QED) is 0.109. The average molecular weight is 460 g/mol. The lowest BCUT2D eigenvalue weighted by Crippen LogP contribution is -2.42. The normalized spacial score (nSPS) is 13.3. The van der Waals surface area contributed by atoms with Gasteiger partial charge in [0.15, 0.2) is 0 Å². The molecule has 1 unspecified atom stereocenters. The summed E-state index contributed by atoms with van der Waals surface area (Å²) in [6.07, 6.45) is 23.5. The molecule has 0 saturated carbocycles. The average Bonchev–Trinajstić information content (AvgIpc) is 2.77. The fourth-order valence-corrected chi connectivity index (χ4v) is 6.30. The van der Waals surface area contributed by atoms with Crippen LogP contribution in [-0.2, 0) is 13.3 Å². The standard InChI is InChI=1S/C26H57NO3Si/c1-7-8-9-10-11-12-13-14-15-16-17-21-26(22-18-19-24-27(2)3)23-20-25-31(28-4,29-5)30-6/h26H,7-25H2,1-6H3. The molecule has 0 aliphatic rings. The highest BCUT2D eigenvalue weighted by molar-refractivity contribution is 6.60. The van der Waals surface area contributed by atoms with Crippen LogP contribution < -0.4 is 0 Å². The van der Waals surface area contributed by atoms with E-state index in [-0.39, 0.29) is 0 Å². The van der Waals surface area contributed by atoms with Gasteiger partial charge in [-0.3, -0.25) is 0 Å². The summed E-state index contributed by atoms with van der Waals surface area (Å²) in [7, 11) is 7.11. The van der Waals surface area contributed by atoms with Crippen LogP contribution in [0, 0.1) is 5.92 Å². The lowest BCUT2D eigenvalue weighted by molar-refractivity contribution is 0.122. The Morgan fingerprint density at radius 2 is 1.00 bits per heavy atom. The molecule has 4 nitrogen and oxygen atoms in total. The van der Waals surface area contributed by atoms with Crippen LogP contribution in [0.4, 0.5) is 0 Å². The van der Waals surface area contributed by atoms with Gasteiger partial charge in [-0.05, 0) is 39.4 Å². The van der Waals surface area contributed by atoms with Gasteiger partial charge in [0.05, 0.1) is 0 Å². The van der Waals surface area contributed by atoms with Crippen LogP contribution in [0.5, 0.6) is 0 Å². The second-order valence-corrected chi connectivity index (χ2v) is 12.8. The molecule has 1 atom stereocenters. The van der Waals surface area contributed by atoms with Crippen molar-refractivity contribution in [1.82, 2.24) is 4.90 Å². The van der Waals surface area contributed by atoms with Crippen LogP contribution in [0.25, 0.3) is 0 Å². The molecule has 31 heavy (non-hydrogen) atoms. The molecule has 0 bridgehead atoms. The number of hydrogen-bond acceptors (Lipinski definition) is 4. The van der Waals surface area contributed by atoms with Crippen LogP contribution in [0.3, 0.4) is 0 Å². The van der Waals surface area contributed by atoms with Crippen molar-refractivity contribution in [3.05, 3.63) is 0 Å². The van der Waals surface area contributed by atoms with Gasteiger partial charge >= 0.3 is 8.80 Å². The Labute approximate surface area is 197 Å². The molecular formula is C26H57NO3Si. The molecule has 0 saturated heterocycles. The summed E-state index contributed by atoms with van der Waals surface area (Å²) in [5.41, 5.74) is 0. The van der Waals surface area contributed by atoms with Crippen molar-refractivity contribution in [2.24, 2.45) is 5.92 Å². The van der Waals surface area contributed by atoms with E-state index in [1.807, 2.05) is 0 Å². The zero-order chi connectivity index (χ0) is 23.2. The fourth-order valence-electron chi connectivity index (χ4n) is 4.55. The molecule has 188 valence electrons. The SMILES string of the molecule is CCCCCCCCCCCCCC(CCCCN(C)C)CCC[Si](OC)(OC)OC. The summed E-state index contributed by atoms with van der Waals surface area (Å²) >= 11 is 0. The van der Waals surface area contributed by atoms with Crippen molar-refractivity contribution >= 4 is 8.80 Å². The molecule has 0 heterocycles. The van der Waals surface area contributed by atoms with E-state index >= 15 is 0 Å². The van der Waals surface area contributed by atoms with E-state index in [0.717, 1.165) is 18.4 Å². The van der Waals surface area contributed by atoms with Crippen molar-refractivity contribution in [2.75, 3.05) is 42.0 Å². The molecule has 0 aromatic rings. The van der Waals surface area contributed by atoms with Crippen molar-refractivity contribution in [2.45, 2.75) is 122 Å². The van der Waals surface area contributed by atoms with Crippen molar-refractivity contribution in [3.63, 3.8) is 0 Å². The van der Waals surface area contributed by atoms with Gasteiger partial charge in [-0.2, -0.15) is 0 Å². The maximum atomic E-state index is 5.60. The van der Waals surface area contributed by atoms with Gasteiger partial charge in [-0.15, -0.1) is 0 Å². The maximum Gasteiger partial charge on any atom is 0.500 e. The van der Waals surface area contributed by atoms with Crippen LogP contribution in [0.1, 0.15) is 116 Å². The molecule has 5 heteroatoms. The van der Waals surface area contributed by atoms with Crippen molar-refractivity contribution in [3.8, 4) is 0 Å². The highest BCUT2D eigenvalue weighted by Crippen LogP contribution is 2.26. The summed E-state index contributed by atoms with van der Waals surface area (Å²) in [6, 6.07) is 0.933.